The maximum atomic E-state index is 14.2. The van der Waals surface area contributed by atoms with E-state index in [1.165, 1.54) is 4.90 Å². The number of hydrogen-bond acceptors (Lipinski definition) is 7. The Morgan fingerprint density at radius 1 is 1.08 bits per heavy atom. The zero-order chi connectivity index (χ0) is 25.8. The van der Waals surface area contributed by atoms with Gasteiger partial charge >= 0.3 is 5.97 Å². The van der Waals surface area contributed by atoms with E-state index in [9.17, 15) is 14.4 Å². The molecule has 2 aromatic carbocycles. The fourth-order valence-electron chi connectivity index (χ4n) is 5.75. The number of Topliss-reactive ketones (excluding diaryl/α,β-unsaturated/α-hetero) is 1. The van der Waals surface area contributed by atoms with Gasteiger partial charge in [-0.05, 0) is 50.1 Å². The third kappa shape index (κ3) is 3.10. The monoisotopic (exact) mass is 486 g/mol. The minimum atomic E-state index is -1.64. The predicted molar refractivity (Wildman–Crippen MR) is 139 cm³/mol. The van der Waals surface area contributed by atoms with Crippen LogP contribution in [-0.4, -0.2) is 45.4 Å². The van der Waals surface area contributed by atoms with Gasteiger partial charge in [0.2, 0.25) is 5.91 Å². The van der Waals surface area contributed by atoms with E-state index < -0.39 is 11.4 Å². The molecule has 1 amide bonds. The Kier molecular flexibility index (Phi) is 5.62. The van der Waals surface area contributed by atoms with Crippen LogP contribution in [0.15, 0.2) is 71.2 Å². The van der Waals surface area contributed by atoms with Gasteiger partial charge in [0.05, 0.1) is 6.61 Å². The summed E-state index contributed by atoms with van der Waals surface area (Å²) in [6, 6.07) is 15.0. The van der Waals surface area contributed by atoms with E-state index in [4.69, 9.17) is 10.5 Å². The van der Waals surface area contributed by atoms with Crippen molar-refractivity contribution in [2.75, 3.05) is 42.4 Å². The fourth-order valence-corrected chi connectivity index (χ4v) is 5.75. The molecule has 0 fully saturated rings. The van der Waals surface area contributed by atoms with Crippen LogP contribution in [-0.2, 0) is 24.5 Å². The molecule has 0 radical (unpaired) electrons. The first-order valence-corrected chi connectivity index (χ1v) is 12.1. The van der Waals surface area contributed by atoms with E-state index >= 15 is 0 Å². The molecule has 2 N–H and O–H groups in total. The summed E-state index contributed by atoms with van der Waals surface area (Å²) in [6.45, 7) is 1.81. The molecule has 8 heteroatoms. The quantitative estimate of drug-likeness (QED) is 0.663. The summed E-state index contributed by atoms with van der Waals surface area (Å²) in [5, 5.41) is 0. The summed E-state index contributed by atoms with van der Waals surface area (Å²) in [5.41, 5.74) is 9.10. The molecule has 8 nitrogen and oxygen atoms in total. The van der Waals surface area contributed by atoms with E-state index in [0.717, 1.165) is 5.69 Å². The van der Waals surface area contributed by atoms with Gasteiger partial charge in [0, 0.05) is 61.5 Å². The fraction of sp³-hybridized carbons (Fsp3) is 0.321. The number of anilines is 3. The number of likely N-dealkylation sites (N-methyl/N-ethyl adjacent to an activating group) is 1. The maximum absolute atomic E-state index is 14.2. The van der Waals surface area contributed by atoms with Crippen molar-refractivity contribution in [3.8, 4) is 0 Å². The molecule has 1 atom stereocenters. The topological polar surface area (TPSA) is 96.2 Å². The lowest BCUT2D eigenvalue weighted by molar-refractivity contribution is -0.140. The highest BCUT2D eigenvalue weighted by atomic mass is 16.5. The third-order valence-corrected chi connectivity index (χ3v) is 7.30. The van der Waals surface area contributed by atoms with Crippen molar-refractivity contribution < 1.29 is 19.1 Å². The standard InChI is InChI=1S/C28H30N4O4/c1-5-36-26(34)24-25(29)32(18-15-13-17(14-16-18)30(2)3)21-11-8-12-22(33)23(21)28(24)19-9-6-7-10-20(19)31(4)27(28)35/h6-7,9-10,13-16H,5,8,11-12,29H2,1-4H3. The number of amides is 1. The normalized spacial score (nSPS) is 21.2. The van der Waals surface area contributed by atoms with Gasteiger partial charge in [0.1, 0.15) is 16.8 Å². The smallest absolute Gasteiger partial charge is 0.339 e. The van der Waals surface area contributed by atoms with Crippen molar-refractivity contribution in [3.05, 3.63) is 76.8 Å². The van der Waals surface area contributed by atoms with Crippen LogP contribution in [0.3, 0.4) is 0 Å². The molecule has 36 heavy (non-hydrogen) atoms. The number of fused-ring (bicyclic) bond motifs is 3. The van der Waals surface area contributed by atoms with Crippen molar-refractivity contribution in [1.29, 1.82) is 0 Å². The number of ether oxygens (including phenoxy) is 1. The molecule has 186 valence electrons. The molecule has 2 aliphatic heterocycles. The molecule has 2 heterocycles. The second-order valence-corrected chi connectivity index (χ2v) is 9.46. The van der Waals surface area contributed by atoms with E-state index in [1.54, 1.807) is 24.9 Å². The highest BCUT2D eigenvalue weighted by Gasteiger charge is 2.63. The van der Waals surface area contributed by atoms with Crippen LogP contribution in [0.25, 0.3) is 0 Å². The van der Waals surface area contributed by atoms with Gasteiger partial charge in [0.25, 0.3) is 0 Å². The molecule has 1 spiro atoms. The number of carbonyl (C=O) groups is 3. The van der Waals surface area contributed by atoms with Crippen LogP contribution >= 0.6 is 0 Å². The number of nitrogens with two attached hydrogens (primary N) is 1. The molecule has 2 aromatic rings. The Labute approximate surface area is 210 Å². The van der Waals surface area contributed by atoms with Crippen LogP contribution in [0, 0.1) is 0 Å². The summed E-state index contributed by atoms with van der Waals surface area (Å²) in [4.78, 5) is 46.8. The van der Waals surface area contributed by atoms with Crippen LogP contribution < -0.4 is 20.4 Å². The zero-order valence-electron chi connectivity index (χ0n) is 21.0. The summed E-state index contributed by atoms with van der Waals surface area (Å²) < 4.78 is 5.47. The van der Waals surface area contributed by atoms with Crippen molar-refractivity contribution in [1.82, 2.24) is 0 Å². The van der Waals surface area contributed by atoms with Gasteiger partial charge in [-0.1, -0.05) is 18.2 Å². The first kappa shape index (κ1) is 23.7. The summed E-state index contributed by atoms with van der Waals surface area (Å²) in [7, 11) is 5.56. The number of hydrogen-bond donors (Lipinski definition) is 1. The number of esters is 1. The first-order valence-electron chi connectivity index (χ1n) is 12.1. The van der Waals surface area contributed by atoms with Crippen LogP contribution in [0.1, 0.15) is 31.7 Å². The molecule has 1 aliphatic carbocycles. The highest BCUT2D eigenvalue weighted by Crippen LogP contribution is 2.56. The van der Waals surface area contributed by atoms with E-state index in [0.29, 0.717) is 47.5 Å². The average Bonchev–Trinajstić information content (AvgIpc) is 3.07. The number of para-hydroxylation sites is 1. The number of nitrogens with zero attached hydrogens (tertiary/aromatic N) is 3. The number of allylic oxidation sites excluding steroid dienone is 1. The van der Waals surface area contributed by atoms with Gasteiger partial charge in [-0.15, -0.1) is 0 Å². The van der Waals surface area contributed by atoms with Crippen LogP contribution in [0.2, 0.25) is 0 Å². The van der Waals surface area contributed by atoms with Gasteiger partial charge in [-0.25, -0.2) is 4.79 Å². The summed E-state index contributed by atoms with van der Waals surface area (Å²) in [5.74, 6) is -1.12. The highest BCUT2D eigenvalue weighted by molar-refractivity contribution is 6.24. The lowest BCUT2D eigenvalue weighted by atomic mass is 9.63. The largest absolute Gasteiger partial charge is 0.462 e. The van der Waals surface area contributed by atoms with Crippen LogP contribution in [0.5, 0.6) is 0 Å². The second kappa shape index (κ2) is 8.55. The van der Waals surface area contributed by atoms with Crippen LogP contribution in [0.4, 0.5) is 17.1 Å². The minimum Gasteiger partial charge on any atom is -0.462 e. The SMILES string of the molecule is CCOC(=O)C1=C(N)N(c2ccc(N(C)C)cc2)C2=C(C(=O)CCC2)C12C(=O)N(C)c1ccccc12. The molecular formula is C28H30N4O4. The van der Waals surface area contributed by atoms with Gasteiger partial charge in [-0.3, -0.25) is 14.5 Å². The summed E-state index contributed by atoms with van der Waals surface area (Å²) >= 11 is 0. The number of benzene rings is 2. The molecule has 1 unspecified atom stereocenters. The summed E-state index contributed by atoms with van der Waals surface area (Å²) in [6.07, 6.45) is 1.48. The number of rotatable bonds is 4. The van der Waals surface area contributed by atoms with E-state index in [1.807, 2.05) is 61.5 Å². The molecule has 3 aliphatic rings. The first-order chi connectivity index (χ1) is 17.2. The van der Waals surface area contributed by atoms with E-state index in [2.05, 4.69) is 0 Å². The van der Waals surface area contributed by atoms with E-state index in [-0.39, 0.29) is 29.7 Å². The predicted octanol–water partition coefficient (Wildman–Crippen LogP) is 3.23. The average molecular weight is 487 g/mol. The Bertz CT molecular complexity index is 1340. The van der Waals surface area contributed by atoms with Crippen molar-refractivity contribution in [2.24, 2.45) is 5.73 Å². The molecule has 5 rings (SSSR count). The molecular weight excluding hydrogens is 456 g/mol. The number of ketones is 1. The van der Waals surface area contributed by atoms with Crippen molar-refractivity contribution in [2.45, 2.75) is 31.6 Å². The minimum absolute atomic E-state index is 0.00293. The molecule has 0 bridgehead atoms. The second-order valence-electron chi connectivity index (χ2n) is 9.46. The molecule has 0 saturated carbocycles. The maximum Gasteiger partial charge on any atom is 0.339 e. The number of carbonyl (C=O) groups excluding carboxylic acids is 3. The molecule has 0 saturated heterocycles. The van der Waals surface area contributed by atoms with Gasteiger partial charge in [0.15, 0.2) is 5.78 Å². The Balaban J connectivity index is 1.86. The third-order valence-electron chi connectivity index (χ3n) is 7.30. The van der Waals surface area contributed by atoms with Crippen molar-refractivity contribution in [3.63, 3.8) is 0 Å². The lowest BCUT2D eigenvalue weighted by Crippen LogP contribution is -2.54. The molecule has 0 aromatic heterocycles. The zero-order valence-corrected chi connectivity index (χ0v) is 21.0. The Morgan fingerprint density at radius 3 is 2.44 bits per heavy atom. The van der Waals surface area contributed by atoms with Crippen molar-refractivity contribution >= 4 is 34.7 Å². The Hall–Kier alpha value is -4.07. The Morgan fingerprint density at radius 2 is 1.78 bits per heavy atom. The van der Waals surface area contributed by atoms with Gasteiger partial charge in [-0.2, -0.15) is 0 Å². The lowest BCUT2D eigenvalue weighted by Gasteiger charge is -2.44. The van der Waals surface area contributed by atoms with Gasteiger partial charge < -0.3 is 20.3 Å².